The van der Waals surface area contributed by atoms with Crippen LogP contribution >= 0.6 is 11.6 Å². The number of allylic oxidation sites excluding steroid dienone is 2. The first kappa shape index (κ1) is 12.8. The molecule has 0 heterocycles. The van der Waals surface area contributed by atoms with Crippen molar-refractivity contribution < 1.29 is 0 Å². The van der Waals surface area contributed by atoms with Crippen LogP contribution in [0.4, 0.5) is 5.69 Å². The van der Waals surface area contributed by atoms with E-state index in [1.807, 2.05) is 43.6 Å². The Labute approximate surface area is 102 Å². The largest absolute Gasteiger partial charge is 0.348 e. The highest BCUT2D eigenvalue weighted by Crippen LogP contribution is 2.21. The van der Waals surface area contributed by atoms with Gasteiger partial charge in [0.1, 0.15) is 0 Å². The Morgan fingerprint density at radius 3 is 2.50 bits per heavy atom. The second kappa shape index (κ2) is 6.33. The molecule has 3 heteroatoms. The first-order chi connectivity index (χ1) is 7.69. The minimum absolute atomic E-state index is 0.759. The highest BCUT2D eigenvalue weighted by atomic mass is 35.5. The number of aliphatic imine (C=N–C) groups is 1. The van der Waals surface area contributed by atoms with E-state index in [4.69, 9.17) is 11.6 Å². The molecule has 1 rings (SSSR count). The molecule has 0 spiro atoms. The van der Waals surface area contributed by atoms with Crippen LogP contribution in [0.2, 0.25) is 5.02 Å². The summed E-state index contributed by atoms with van der Waals surface area (Å²) < 4.78 is 0. The summed E-state index contributed by atoms with van der Waals surface area (Å²) in [6.45, 7) is 2.13. The highest BCUT2D eigenvalue weighted by molar-refractivity contribution is 6.30. The quantitative estimate of drug-likeness (QED) is 0.727. The average Bonchev–Trinajstić information content (AvgIpc) is 2.30. The van der Waals surface area contributed by atoms with Gasteiger partial charge in [-0.15, -0.1) is 0 Å². The fourth-order valence-corrected chi connectivity index (χ4v) is 1.58. The molecule has 0 amide bonds. The van der Waals surface area contributed by atoms with Gasteiger partial charge in [0.15, 0.2) is 0 Å². The van der Waals surface area contributed by atoms with E-state index in [0.717, 1.165) is 17.1 Å². The highest BCUT2D eigenvalue weighted by Gasteiger charge is 2.04. The Balaban J connectivity index is 2.90. The summed E-state index contributed by atoms with van der Waals surface area (Å²) in [5, 5.41) is 0.759. The van der Waals surface area contributed by atoms with Gasteiger partial charge in [-0.3, -0.25) is 4.99 Å². The lowest BCUT2D eigenvalue weighted by Gasteiger charge is -2.21. The zero-order valence-electron chi connectivity index (χ0n) is 9.94. The van der Waals surface area contributed by atoms with Gasteiger partial charge in [0.25, 0.3) is 0 Å². The third kappa shape index (κ3) is 3.38. The molecule has 0 aliphatic carbocycles. The van der Waals surface area contributed by atoms with Gasteiger partial charge in [-0.05, 0) is 36.8 Å². The zero-order valence-corrected chi connectivity index (χ0v) is 10.7. The fraction of sp³-hybridized carbons (Fsp3) is 0.308. The summed E-state index contributed by atoms with van der Waals surface area (Å²) in [5.41, 5.74) is 2.34. The van der Waals surface area contributed by atoms with E-state index >= 15 is 0 Å². The van der Waals surface area contributed by atoms with Gasteiger partial charge in [-0.1, -0.05) is 18.5 Å². The summed E-state index contributed by atoms with van der Waals surface area (Å²) >= 11 is 5.86. The van der Waals surface area contributed by atoms with Gasteiger partial charge in [-0.25, -0.2) is 0 Å². The Bertz CT molecular complexity index is 379. The van der Waals surface area contributed by atoms with Crippen molar-refractivity contribution >= 4 is 23.5 Å². The van der Waals surface area contributed by atoms with Crippen molar-refractivity contribution in [2.24, 2.45) is 4.99 Å². The molecule has 16 heavy (non-hydrogen) atoms. The molecule has 1 aromatic rings. The SMILES string of the molecule is CC/C(=C\C=NC)N(C)c1ccc(Cl)cc1. The third-order valence-electron chi connectivity index (χ3n) is 2.42. The van der Waals surface area contributed by atoms with Crippen molar-refractivity contribution in [2.45, 2.75) is 13.3 Å². The molecule has 86 valence electrons. The van der Waals surface area contributed by atoms with Crippen molar-refractivity contribution in [3.05, 3.63) is 41.1 Å². The topological polar surface area (TPSA) is 15.6 Å². The normalized spacial score (nSPS) is 12.1. The van der Waals surface area contributed by atoms with Crippen molar-refractivity contribution in [3.63, 3.8) is 0 Å². The Kier molecular flexibility index (Phi) is 5.06. The maximum absolute atomic E-state index is 5.86. The smallest absolute Gasteiger partial charge is 0.0407 e. The monoisotopic (exact) mass is 236 g/mol. The van der Waals surface area contributed by atoms with Crippen LogP contribution in [0, 0.1) is 0 Å². The minimum atomic E-state index is 0.759. The summed E-state index contributed by atoms with van der Waals surface area (Å²) in [7, 11) is 3.81. The summed E-state index contributed by atoms with van der Waals surface area (Å²) in [5.74, 6) is 0. The zero-order chi connectivity index (χ0) is 12.0. The number of anilines is 1. The Morgan fingerprint density at radius 1 is 1.38 bits per heavy atom. The molecular weight excluding hydrogens is 220 g/mol. The lowest BCUT2D eigenvalue weighted by atomic mass is 10.2. The number of rotatable bonds is 4. The maximum Gasteiger partial charge on any atom is 0.0407 e. The predicted octanol–water partition coefficient (Wildman–Crippen LogP) is 3.77. The van der Waals surface area contributed by atoms with Crippen molar-refractivity contribution in [1.29, 1.82) is 0 Å². The van der Waals surface area contributed by atoms with E-state index in [1.54, 1.807) is 7.05 Å². The van der Waals surface area contributed by atoms with E-state index in [0.29, 0.717) is 0 Å². The molecule has 0 atom stereocenters. The molecule has 1 aromatic carbocycles. The van der Waals surface area contributed by atoms with Gasteiger partial charge < -0.3 is 4.90 Å². The molecule has 0 aliphatic rings. The van der Waals surface area contributed by atoms with E-state index in [-0.39, 0.29) is 0 Å². The molecule has 0 N–H and O–H groups in total. The second-order valence-corrected chi connectivity index (χ2v) is 3.89. The van der Waals surface area contributed by atoms with Crippen LogP contribution in [0.1, 0.15) is 13.3 Å². The van der Waals surface area contributed by atoms with E-state index in [1.165, 1.54) is 5.70 Å². The molecule has 0 bridgehead atoms. The average molecular weight is 237 g/mol. The molecule has 2 nitrogen and oxygen atoms in total. The number of benzene rings is 1. The lowest BCUT2D eigenvalue weighted by Crippen LogP contribution is -2.15. The van der Waals surface area contributed by atoms with Crippen molar-refractivity contribution in [2.75, 3.05) is 19.0 Å². The van der Waals surface area contributed by atoms with Gasteiger partial charge >= 0.3 is 0 Å². The van der Waals surface area contributed by atoms with Crippen LogP contribution in [0.3, 0.4) is 0 Å². The van der Waals surface area contributed by atoms with E-state index < -0.39 is 0 Å². The standard InChI is InChI=1S/C13H17ClN2/c1-4-12(9-10-15-2)16(3)13-7-5-11(14)6-8-13/h5-10H,4H2,1-3H3/b12-9+,15-10?. The molecule has 0 fully saturated rings. The molecule has 0 aliphatic heterocycles. The predicted molar refractivity (Wildman–Crippen MR) is 72.6 cm³/mol. The molecule has 0 radical (unpaired) electrons. The summed E-state index contributed by atoms with van der Waals surface area (Å²) in [6.07, 6.45) is 4.80. The van der Waals surface area contributed by atoms with Crippen LogP contribution in [0.15, 0.2) is 41.0 Å². The van der Waals surface area contributed by atoms with E-state index in [9.17, 15) is 0 Å². The number of nitrogens with zero attached hydrogens (tertiary/aromatic N) is 2. The number of hydrogen-bond acceptors (Lipinski definition) is 2. The van der Waals surface area contributed by atoms with Crippen LogP contribution in [-0.4, -0.2) is 20.3 Å². The Morgan fingerprint density at radius 2 is 2.00 bits per heavy atom. The summed E-state index contributed by atoms with van der Waals surface area (Å²) in [4.78, 5) is 6.10. The van der Waals surface area contributed by atoms with Crippen LogP contribution < -0.4 is 4.90 Å². The number of hydrogen-bond donors (Lipinski definition) is 0. The first-order valence-corrected chi connectivity index (χ1v) is 5.67. The first-order valence-electron chi connectivity index (χ1n) is 5.29. The van der Waals surface area contributed by atoms with Crippen LogP contribution in [0.25, 0.3) is 0 Å². The molecule has 0 saturated carbocycles. The minimum Gasteiger partial charge on any atom is -0.348 e. The second-order valence-electron chi connectivity index (χ2n) is 3.45. The van der Waals surface area contributed by atoms with Gasteiger partial charge in [0, 0.05) is 36.7 Å². The summed E-state index contributed by atoms with van der Waals surface area (Å²) in [6, 6.07) is 7.81. The van der Waals surface area contributed by atoms with Crippen molar-refractivity contribution in [3.8, 4) is 0 Å². The maximum atomic E-state index is 5.86. The van der Waals surface area contributed by atoms with Crippen LogP contribution in [0.5, 0.6) is 0 Å². The molecule has 0 unspecified atom stereocenters. The van der Waals surface area contributed by atoms with Gasteiger partial charge in [0.2, 0.25) is 0 Å². The van der Waals surface area contributed by atoms with Crippen LogP contribution in [-0.2, 0) is 0 Å². The van der Waals surface area contributed by atoms with Gasteiger partial charge in [-0.2, -0.15) is 0 Å². The Hall–Kier alpha value is -1.28. The molecule has 0 aromatic heterocycles. The van der Waals surface area contributed by atoms with Crippen molar-refractivity contribution in [1.82, 2.24) is 0 Å². The molecular formula is C13H17ClN2. The fourth-order valence-electron chi connectivity index (χ4n) is 1.46. The lowest BCUT2D eigenvalue weighted by molar-refractivity contribution is 0.980. The van der Waals surface area contributed by atoms with Gasteiger partial charge in [0.05, 0.1) is 0 Å². The molecule has 0 saturated heterocycles. The van der Waals surface area contributed by atoms with E-state index in [2.05, 4.69) is 16.8 Å². The third-order valence-corrected chi connectivity index (χ3v) is 2.67. The number of halogens is 1.